The van der Waals surface area contributed by atoms with Gasteiger partial charge in [-0.05, 0) is 43.7 Å². The summed E-state index contributed by atoms with van der Waals surface area (Å²) >= 11 is 0. The van der Waals surface area contributed by atoms with Gasteiger partial charge in [0.15, 0.2) is 0 Å². The summed E-state index contributed by atoms with van der Waals surface area (Å²) in [6, 6.07) is 7.62. The molecular weight excluding hydrogens is 250 g/mol. The van der Waals surface area contributed by atoms with Crippen molar-refractivity contribution >= 4 is 17.5 Å². The largest absolute Gasteiger partial charge is 0.274 e. The van der Waals surface area contributed by atoms with Crippen LogP contribution in [-0.4, -0.2) is 11.8 Å². The van der Waals surface area contributed by atoms with Crippen LogP contribution in [0.1, 0.15) is 18.9 Å². The number of hydrogen-bond acceptors (Lipinski definition) is 2. The summed E-state index contributed by atoms with van der Waals surface area (Å²) in [5, 5.41) is 0. The van der Waals surface area contributed by atoms with Crippen LogP contribution in [0.4, 0.5) is 5.69 Å². The van der Waals surface area contributed by atoms with Gasteiger partial charge < -0.3 is 0 Å². The van der Waals surface area contributed by atoms with Crippen molar-refractivity contribution in [3.63, 3.8) is 0 Å². The Morgan fingerprint density at radius 2 is 1.95 bits per heavy atom. The zero-order valence-corrected chi connectivity index (χ0v) is 11.7. The third-order valence-corrected chi connectivity index (χ3v) is 5.47. The molecule has 1 aliphatic heterocycles. The number of nitrogens with zero attached hydrogens (tertiary/aromatic N) is 1. The first-order chi connectivity index (χ1) is 9.55. The van der Waals surface area contributed by atoms with Gasteiger partial charge in [0.1, 0.15) is 0 Å². The van der Waals surface area contributed by atoms with E-state index in [9.17, 15) is 9.59 Å². The Morgan fingerprint density at radius 3 is 2.65 bits per heavy atom. The number of amides is 2. The highest BCUT2D eigenvalue weighted by Gasteiger charge is 2.67. The average Bonchev–Trinajstić information content (AvgIpc) is 3.05. The number of fused-ring (bicyclic) bond motifs is 5. The first kappa shape index (κ1) is 11.9. The molecule has 0 aromatic heterocycles. The molecule has 3 aliphatic rings. The second kappa shape index (κ2) is 3.60. The molecule has 3 nitrogen and oxygen atoms in total. The molecule has 1 heterocycles. The molecule has 1 aromatic carbocycles. The molecule has 0 spiro atoms. The van der Waals surface area contributed by atoms with Gasteiger partial charge in [-0.25, -0.2) is 4.90 Å². The highest BCUT2D eigenvalue weighted by molar-refractivity contribution is 6.24. The number of hydrogen-bond donors (Lipinski definition) is 0. The predicted octanol–water partition coefficient (Wildman–Crippen LogP) is 2.70. The highest BCUT2D eigenvalue weighted by atomic mass is 16.2. The number of carbonyl (C=O) groups is 2. The minimum Gasteiger partial charge on any atom is -0.274 e. The van der Waals surface area contributed by atoms with Gasteiger partial charge in [-0.2, -0.15) is 0 Å². The summed E-state index contributed by atoms with van der Waals surface area (Å²) in [5.74, 6) is 0.283. The molecule has 2 aliphatic carbocycles. The quantitative estimate of drug-likeness (QED) is 0.579. The molecule has 2 amide bonds. The first-order valence-electron chi connectivity index (χ1n) is 7.17. The van der Waals surface area contributed by atoms with E-state index in [0.29, 0.717) is 0 Å². The molecule has 1 aromatic rings. The zero-order valence-electron chi connectivity index (χ0n) is 11.7. The van der Waals surface area contributed by atoms with Crippen LogP contribution in [-0.2, 0) is 9.59 Å². The van der Waals surface area contributed by atoms with Gasteiger partial charge in [0.2, 0.25) is 11.8 Å². The molecule has 1 saturated heterocycles. The Morgan fingerprint density at radius 1 is 1.20 bits per heavy atom. The van der Waals surface area contributed by atoms with E-state index in [4.69, 9.17) is 0 Å². The van der Waals surface area contributed by atoms with Crippen molar-refractivity contribution in [2.24, 2.45) is 23.2 Å². The number of aryl methyl sites for hydroxylation is 1. The van der Waals surface area contributed by atoms with Gasteiger partial charge in [0, 0.05) is 0 Å². The fourth-order valence-electron chi connectivity index (χ4n) is 4.35. The van der Waals surface area contributed by atoms with Gasteiger partial charge in [0.05, 0.1) is 17.0 Å². The van der Waals surface area contributed by atoms with Crippen LogP contribution in [0.25, 0.3) is 0 Å². The summed E-state index contributed by atoms with van der Waals surface area (Å²) in [7, 11) is 0. The molecule has 0 unspecified atom stereocenters. The van der Waals surface area contributed by atoms with E-state index in [-0.39, 0.29) is 29.6 Å². The van der Waals surface area contributed by atoms with Crippen molar-refractivity contribution in [2.45, 2.75) is 20.3 Å². The van der Waals surface area contributed by atoms with E-state index in [2.05, 4.69) is 12.2 Å². The third kappa shape index (κ3) is 1.17. The minimum absolute atomic E-state index is 0.0105. The van der Waals surface area contributed by atoms with Crippen molar-refractivity contribution < 1.29 is 9.59 Å². The molecule has 2 bridgehead atoms. The van der Waals surface area contributed by atoms with E-state index < -0.39 is 5.41 Å². The lowest BCUT2D eigenvalue weighted by atomic mass is 9.71. The van der Waals surface area contributed by atoms with E-state index in [1.54, 1.807) is 0 Å². The fraction of sp³-hybridized carbons (Fsp3) is 0.412. The zero-order chi connectivity index (χ0) is 14.1. The average molecular weight is 267 g/mol. The van der Waals surface area contributed by atoms with Crippen molar-refractivity contribution in [1.29, 1.82) is 0 Å². The SMILES string of the molecule is Cc1ccccc1N1C(=O)[C@H]2[C@@H]3C=C[C@@H](C3)[C@]2(C)C1=O. The van der Waals surface area contributed by atoms with Crippen LogP contribution in [0.5, 0.6) is 0 Å². The molecule has 4 rings (SSSR count). The van der Waals surface area contributed by atoms with Crippen LogP contribution in [0.15, 0.2) is 36.4 Å². The number of carbonyl (C=O) groups excluding carboxylic acids is 2. The van der Waals surface area contributed by atoms with Crippen LogP contribution in [0.2, 0.25) is 0 Å². The predicted molar refractivity (Wildman–Crippen MR) is 76.0 cm³/mol. The van der Waals surface area contributed by atoms with Crippen molar-refractivity contribution in [1.82, 2.24) is 0 Å². The molecular formula is C17H17NO2. The maximum atomic E-state index is 12.9. The second-order valence-corrected chi connectivity index (χ2v) is 6.42. The normalized spacial score (nSPS) is 37.9. The lowest BCUT2D eigenvalue weighted by molar-refractivity contribution is -0.127. The third-order valence-electron chi connectivity index (χ3n) is 5.47. The molecule has 20 heavy (non-hydrogen) atoms. The molecule has 0 N–H and O–H groups in total. The lowest BCUT2D eigenvalue weighted by Crippen LogP contribution is -2.37. The van der Waals surface area contributed by atoms with Crippen molar-refractivity contribution in [3.05, 3.63) is 42.0 Å². The van der Waals surface area contributed by atoms with E-state index in [1.807, 2.05) is 38.1 Å². The standard InChI is InChI=1S/C17H17NO2/c1-10-5-3-4-6-13(10)18-15(19)14-11-7-8-12(9-11)17(14,2)16(18)20/h3-8,11-12,14H,9H2,1-2H3/t11-,12+,14-,17+/m1/s1. The van der Waals surface area contributed by atoms with E-state index >= 15 is 0 Å². The Balaban J connectivity index is 1.85. The van der Waals surface area contributed by atoms with Crippen molar-refractivity contribution in [3.8, 4) is 0 Å². The molecule has 102 valence electrons. The Bertz CT molecular complexity index is 663. The van der Waals surface area contributed by atoms with Gasteiger partial charge in [0.25, 0.3) is 0 Å². The Hall–Kier alpha value is -1.90. The Labute approximate surface area is 118 Å². The number of para-hydroxylation sites is 1. The number of rotatable bonds is 1. The molecule has 3 heteroatoms. The number of imide groups is 1. The molecule has 1 saturated carbocycles. The van der Waals surface area contributed by atoms with Crippen LogP contribution >= 0.6 is 0 Å². The maximum Gasteiger partial charge on any atom is 0.241 e. The summed E-state index contributed by atoms with van der Waals surface area (Å²) in [5.41, 5.74) is 1.19. The smallest absolute Gasteiger partial charge is 0.241 e. The monoisotopic (exact) mass is 267 g/mol. The number of benzene rings is 1. The maximum absolute atomic E-state index is 12.9. The highest BCUT2D eigenvalue weighted by Crippen LogP contribution is 2.60. The summed E-state index contributed by atoms with van der Waals surface area (Å²) in [6.07, 6.45) is 5.22. The summed E-state index contributed by atoms with van der Waals surface area (Å²) < 4.78 is 0. The topological polar surface area (TPSA) is 37.4 Å². The molecule has 0 radical (unpaired) electrons. The van der Waals surface area contributed by atoms with Crippen LogP contribution in [0.3, 0.4) is 0 Å². The van der Waals surface area contributed by atoms with Gasteiger partial charge in [-0.3, -0.25) is 9.59 Å². The van der Waals surface area contributed by atoms with Gasteiger partial charge in [-0.1, -0.05) is 30.4 Å². The van der Waals surface area contributed by atoms with Crippen LogP contribution < -0.4 is 4.90 Å². The fourth-order valence-corrected chi connectivity index (χ4v) is 4.35. The van der Waals surface area contributed by atoms with E-state index in [1.165, 1.54) is 4.90 Å². The second-order valence-electron chi connectivity index (χ2n) is 6.42. The summed E-state index contributed by atoms with van der Waals surface area (Å²) in [6.45, 7) is 3.92. The first-order valence-corrected chi connectivity index (χ1v) is 7.17. The van der Waals surface area contributed by atoms with Gasteiger partial charge >= 0.3 is 0 Å². The van der Waals surface area contributed by atoms with Gasteiger partial charge in [-0.15, -0.1) is 0 Å². The van der Waals surface area contributed by atoms with Crippen molar-refractivity contribution in [2.75, 3.05) is 4.90 Å². The molecule has 4 atom stereocenters. The number of allylic oxidation sites excluding steroid dienone is 2. The minimum atomic E-state index is -0.529. The van der Waals surface area contributed by atoms with E-state index in [0.717, 1.165) is 17.7 Å². The van der Waals surface area contributed by atoms with Crippen LogP contribution in [0, 0.1) is 30.1 Å². The summed E-state index contributed by atoms with van der Waals surface area (Å²) in [4.78, 5) is 27.2. The number of anilines is 1. The lowest BCUT2D eigenvalue weighted by Gasteiger charge is -2.28. The Kier molecular flexibility index (Phi) is 2.14. The molecule has 2 fully saturated rings.